The van der Waals surface area contributed by atoms with Crippen molar-refractivity contribution in [3.8, 4) is 0 Å². The number of morpholine rings is 1. The number of ether oxygens (including phenoxy) is 1. The number of aliphatic imine (C=N–C) groups is 1. The third-order valence-electron chi connectivity index (χ3n) is 4.46. The maximum Gasteiger partial charge on any atom is 0.191 e. The number of nitrogens with zero attached hydrogens (tertiary/aromatic N) is 3. The highest BCUT2D eigenvalue weighted by Crippen LogP contribution is 2.23. The van der Waals surface area contributed by atoms with E-state index in [0.29, 0.717) is 12.5 Å². The molecular weight excluding hydrogens is 288 g/mol. The van der Waals surface area contributed by atoms with E-state index in [9.17, 15) is 0 Å². The van der Waals surface area contributed by atoms with E-state index in [2.05, 4.69) is 59.8 Å². The van der Waals surface area contributed by atoms with Gasteiger partial charge >= 0.3 is 0 Å². The van der Waals surface area contributed by atoms with Crippen LogP contribution in [0.5, 0.6) is 0 Å². The van der Waals surface area contributed by atoms with E-state index in [-0.39, 0.29) is 6.04 Å². The molecule has 5 nitrogen and oxygen atoms in total. The van der Waals surface area contributed by atoms with E-state index in [1.54, 1.807) is 0 Å². The Hall–Kier alpha value is -1.59. The lowest BCUT2D eigenvalue weighted by molar-refractivity contribution is 0.0179. The minimum Gasteiger partial charge on any atom is -0.379 e. The molecule has 1 fully saturated rings. The van der Waals surface area contributed by atoms with Crippen molar-refractivity contribution in [1.82, 2.24) is 9.80 Å². The van der Waals surface area contributed by atoms with Crippen LogP contribution in [0.4, 0.5) is 0 Å². The van der Waals surface area contributed by atoms with Gasteiger partial charge in [-0.3, -0.25) is 9.89 Å². The van der Waals surface area contributed by atoms with Gasteiger partial charge in [0, 0.05) is 26.2 Å². The molecule has 1 aromatic rings. The third kappa shape index (κ3) is 4.94. The Bertz CT molecular complexity index is 490. The number of hydrogen-bond acceptors (Lipinski definition) is 3. The van der Waals surface area contributed by atoms with E-state index in [1.807, 2.05) is 0 Å². The Morgan fingerprint density at radius 1 is 1.22 bits per heavy atom. The molecule has 23 heavy (non-hydrogen) atoms. The Labute approximate surface area is 140 Å². The van der Waals surface area contributed by atoms with Crippen LogP contribution in [0.1, 0.15) is 31.0 Å². The smallest absolute Gasteiger partial charge is 0.191 e. The van der Waals surface area contributed by atoms with Crippen LogP contribution in [0.15, 0.2) is 29.3 Å². The van der Waals surface area contributed by atoms with Crippen LogP contribution in [0.3, 0.4) is 0 Å². The van der Waals surface area contributed by atoms with Crippen LogP contribution < -0.4 is 5.73 Å². The van der Waals surface area contributed by atoms with Gasteiger partial charge < -0.3 is 15.4 Å². The fourth-order valence-electron chi connectivity index (χ4n) is 2.94. The number of hydrogen-bond donors (Lipinski definition) is 1. The summed E-state index contributed by atoms with van der Waals surface area (Å²) < 4.78 is 5.49. The van der Waals surface area contributed by atoms with Gasteiger partial charge in [-0.1, -0.05) is 29.8 Å². The molecule has 2 N–H and O–H groups in total. The predicted molar refractivity (Wildman–Crippen MR) is 95.7 cm³/mol. The largest absolute Gasteiger partial charge is 0.379 e. The van der Waals surface area contributed by atoms with Gasteiger partial charge in [0.2, 0.25) is 0 Å². The number of nitrogens with two attached hydrogens (primary N) is 1. The lowest BCUT2D eigenvalue weighted by Gasteiger charge is -2.34. The fourth-order valence-corrected chi connectivity index (χ4v) is 2.94. The highest BCUT2D eigenvalue weighted by Gasteiger charge is 2.22. The second kappa shape index (κ2) is 8.89. The molecule has 1 aliphatic rings. The zero-order chi connectivity index (χ0) is 16.7. The topological polar surface area (TPSA) is 54.1 Å². The lowest BCUT2D eigenvalue weighted by atomic mass is 10.0. The molecule has 128 valence electrons. The molecule has 0 aromatic heterocycles. The molecule has 0 saturated carbocycles. The Morgan fingerprint density at radius 2 is 1.83 bits per heavy atom. The number of guanidine groups is 1. The quantitative estimate of drug-likeness (QED) is 0.644. The highest BCUT2D eigenvalue weighted by molar-refractivity contribution is 5.78. The molecule has 0 aliphatic carbocycles. The van der Waals surface area contributed by atoms with E-state index in [0.717, 1.165) is 39.4 Å². The summed E-state index contributed by atoms with van der Waals surface area (Å²) in [6.07, 6.45) is 0. The minimum atomic E-state index is 0.258. The van der Waals surface area contributed by atoms with Crippen LogP contribution in [0, 0.1) is 6.92 Å². The third-order valence-corrected chi connectivity index (χ3v) is 4.46. The monoisotopic (exact) mass is 318 g/mol. The standard InChI is InChI=1S/C18H30N4O/c1-4-21(5-2)18(19)20-14-17(22-10-12-23-13-11-22)16-8-6-15(3)7-9-16/h6-9,17H,4-5,10-14H2,1-3H3,(H2,19,20). The summed E-state index contributed by atoms with van der Waals surface area (Å²) >= 11 is 0. The Morgan fingerprint density at radius 3 is 2.39 bits per heavy atom. The van der Waals surface area contributed by atoms with Gasteiger partial charge in [0.05, 0.1) is 25.8 Å². The van der Waals surface area contributed by atoms with Gasteiger partial charge in [-0.15, -0.1) is 0 Å². The first-order chi connectivity index (χ1) is 11.2. The summed E-state index contributed by atoms with van der Waals surface area (Å²) in [6, 6.07) is 9.01. The van der Waals surface area contributed by atoms with E-state index < -0.39 is 0 Å². The number of rotatable bonds is 6. The summed E-state index contributed by atoms with van der Waals surface area (Å²) in [7, 11) is 0. The van der Waals surface area contributed by atoms with Crippen LogP contribution >= 0.6 is 0 Å². The van der Waals surface area contributed by atoms with E-state index >= 15 is 0 Å². The number of benzene rings is 1. The van der Waals surface area contributed by atoms with Crippen molar-refractivity contribution in [2.45, 2.75) is 26.8 Å². The summed E-state index contributed by atoms with van der Waals surface area (Å²) in [6.45, 7) is 12.2. The normalized spacial score (nSPS) is 18.0. The molecule has 1 saturated heterocycles. The van der Waals surface area contributed by atoms with E-state index in [1.165, 1.54) is 11.1 Å². The van der Waals surface area contributed by atoms with E-state index in [4.69, 9.17) is 10.5 Å². The molecule has 0 bridgehead atoms. The lowest BCUT2D eigenvalue weighted by Crippen LogP contribution is -2.41. The van der Waals surface area contributed by atoms with Crippen LogP contribution in [-0.2, 0) is 4.74 Å². The van der Waals surface area contributed by atoms with Crippen molar-refractivity contribution in [2.24, 2.45) is 10.7 Å². The Balaban J connectivity index is 2.16. The highest BCUT2D eigenvalue weighted by atomic mass is 16.5. The zero-order valence-corrected chi connectivity index (χ0v) is 14.7. The maximum atomic E-state index is 6.15. The first-order valence-corrected chi connectivity index (χ1v) is 8.59. The molecule has 2 rings (SSSR count). The predicted octanol–water partition coefficient (Wildman–Crippen LogP) is 2.02. The summed E-state index contributed by atoms with van der Waals surface area (Å²) in [4.78, 5) is 9.22. The van der Waals surface area contributed by atoms with Crippen molar-refractivity contribution >= 4 is 5.96 Å². The first-order valence-electron chi connectivity index (χ1n) is 8.59. The minimum absolute atomic E-state index is 0.258. The van der Waals surface area contributed by atoms with Crippen molar-refractivity contribution in [1.29, 1.82) is 0 Å². The molecule has 1 aromatic carbocycles. The van der Waals surface area contributed by atoms with Gasteiger partial charge in [0.1, 0.15) is 0 Å². The molecule has 0 spiro atoms. The van der Waals surface area contributed by atoms with Gasteiger partial charge in [-0.2, -0.15) is 0 Å². The average Bonchev–Trinajstić information content (AvgIpc) is 2.58. The molecule has 1 atom stereocenters. The number of aryl methyl sites for hydroxylation is 1. The van der Waals surface area contributed by atoms with Crippen LogP contribution in [-0.4, -0.2) is 61.7 Å². The van der Waals surface area contributed by atoms with Crippen LogP contribution in [0.2, 0.25) is 0 Å². The first kappa shape index (κ1) is 17.8. The van der Waals surface area contributed by atoms with Crippen molar-refractivity contribution in [2.75, 3.05) is 45.9 Å². The van der Waals surface area contributed by atoms with Gasteiger partial charge in [0.25, 0.3) is 0 Å². The molecule has 0 radical (unpaired) electrons. The SMILES string of the molecule is CCN(CC)C(N)=NCC(c1ccc(C)cc1)N1CCOCC1. The molecule has 1 unspecified atom stereocenters. The fraction of sp³-hybridized carbons (Fsp3) is 0.611. The Kier molecular flexibility index (Phi) is 6.86. The van der Waals surface area contributed by atoms with Crippen LogP contribution in [0.25, 0.3) is 0 Å². The molecule has 1 aliphatic heterocycles. The van der Waals surface area contributed by atoms with Gasteiger partial charge in [-0.05, 0) is 26.3 Å². The second-order valence-electron chi connectivity index (χ2n) is 5.95. The molecule has 0 amide bonds. The summed E-state index contributed by atoms with van der Waals surface area (Å²) in [5, 5.41) is 0. The molecule has 5 heteroatoms. The summed E-state index contributed by atoms with van der Waals surface area (Å²) in [5.74, 6) is 0.639. The van der Waals surface area contributed by atoms with Crippen molar-refractivity contribution < 1.29 is 4.74 Å². The molecular formula is C18H30N4O. The van der Waals surface area contributed by atoms with Gasteiger partial charge in [0.15, 0.2) is 5.96 Å². The van der Waals surface area contributed by atoms with Gasteiger partial charge in [-0.25, -0.2) is 0 Å². The maximum absolute atomic E-state index is 6.15. The molecule has 1 heterocycles. The zero-order valence-electron chi connectivity index (χ0n) is 14.7. The summed E-state index contributed by atoms with van der Waals surface area (Å²) in [5.41, 5.74) is 8.73. The second-order valence-corrected chi connectivity index (χ2v) is 5.95. The average molecular weight is 318 g/mol. The van der Waals surface area contributed by atoms with Crippen molar-refractivity contribution in [3.05, 3.63) is 35.4 Å². The van der Waals surface area contributed by atoms with Crippen molar-refractivity contribution in [3.63, 3.8) is 0 Å².